The molecule has 2 aromatic carbocycles. The fraction of sp³-hybridized carbons (Fsp3) is 0.208. The molecule has 1 aliphatic rings. The average molecular weight is 467 g/mol. The number of aromatic nitrogens is 3. The molecule has 0 radical (unpaired) electrons. The number of alkyl halides is 3. The number of rotatable bonds is 5. The van der Waals surface area contributed by atoms with Crippen molar-refractivity contribution in [1.29, 1.82) is 0 Å². The van der Waals surface area contributed by atoms with Gasteiger partial charge in [-0.1, -0.05) is 6.07 Å². The molecule has 1 amide bonds. The number of carbonyl (C=O) groups is 1. The number of anilines is 2. The third-order valence-corrected chi connectivity index (χ3v) is 5.85. The fourth-order valence-electron chi connectivity index (χ4n) is 4.17. The van der Waals surface area contributed by atoms with Crippen molar-refractivity contribution in [2.24, 2.45) is 0 Å². The SMILES string of the molecule is COc1ccc(NC(=O)c2ccc3c(c2)N(Cc2cnc4cnccn24)CC3)cc1C(F)(F)F. The van der Waals surface area contributed by atoms with Crippen LogP contribution in [0.3, 0.4) is 0 Å². The first-order valence-electron chi connectivity index (χ1n) is 10.5. The number of methoxy groups -OCH3 is 1. The minimum absolute atomic E-state index is 0.0369. The highest BCUT2D eigenvalue weighted by atomic mass is 19.4. The Morgan fingerprint density at radius 2 is 2.03 bits per heavy atom. The van der Waals surface area contributed by atoms with E-state index < -0.39 is 17.6 Å². The molecule has 4 aromatic rings. The van der Waals surface area contributed by atoms with Crippen LogP contribution >= 0.6 is 0 Å². The van der Waals surface area contributed by atoms with E-state index in [4.69, 9.17) is 4.74 Å². The number of amides is 1. The van der Waals surface area contributed by atoms with Gasteiger partial charge >= 0.3 is 6.18 Å². The van der Waals surface area contributed by atoms with E-state index in [9.17, 15) is 18.0 Å². The number of carbonyl (C=O) groups excluding carboxylic acids is 1. The van der Waals surface area contributed by atoms with E-state index in [-0.39, 0.29) is 11.4 Å². The fourth-order valence-corrected chi connectivity index (χ4v) is 4.17. The van der Waals surface area contributed by atoms with Gasteiger partial charge in [0.2, 0.25) is 0 Å². The molecule has 0 saturated heterocycles. The van der Waals surface area contributed by atoms with E-state index in [2.05, 4.69) is 20.2 Å². The predicted octanol–water partition coefficient (Wildman–Crippen LogP) is 4.57. The van der Waals surface area contributed by atoms with Crippen LogP contribution in [-0.4, -0.2) is 33.9 Å². The smallest absolute Gasteiger partial charge is 0.420 e. The lowest BCUT2D eigenvalue weighted by molar-refractivity contribution is -0.138. The van der Waals surface area contributed by atoms with Crippen LogP contribution in [-0.2, 0) is 19.1 Å². The first kappa shape index (κ1) is 21.7. The van der Waals surface area contributed by atoms with Gasteiger partial charge in [-0.25, -0.2) is 4.98 Å². The summed E-state index contributed by atoms with van der Waals surface area (Å²) in [5.74, 6) is -0.796. The number of imidazole rings is 1. The van der Waals surface area contributed by atoms with Crippen molar-refractivity contribution in [1.82, 2.24) is 14.4 Å². The van der Waals surface area contributed by atoms with E-state index in [1.165, 1.54) is 19.2 Å². The second-order valence-electron chi connectivity index (χ2n) is 7.94. The number of hydrogen-bond donors (Lipinski definition) is 1. The summed E-state index contributed by atoms with van der Waals surface area (Å²) in [4.78, 5) is 23.5. The second-order valence-corrected chi connectivity index (χ2v) is 7.94. The van der Waals surface area contributed by atoms with Crippen molar-refractivity contribution in [2.75, 3.05) is 23.9 Å². The maximum atomic E-state index is 13.3. The van der Waals surface area contributed by atoms with Crippen molar-refractivity contribution in [3.05, 3.63) is 83.6 Å². The Balaban J connectivity index is 1.38. The molecular weight excluding hydrogens is 447 g/mol. The number of benzene rings is 2. The molecule has 3 heterocycles. The Morgan fingerprint density at radius 3 is 2.82 bits per heavy atom. The summed E-state index contributed by atoms with van der Waals surface area (Å²) in [6.45, 7) is 1.38. The van der Waals surface area contributed by atoms with Crippen LogP contribution in [0.15, 0.2) is 61.2 Å². The Bertz CT molecular complexity index is 1380. The minimum atomic E-state index is -4.60. The molecule has 0 atom stereocenters. The Hall–Kier alpha value is -4.08. The molecule has 0 fully saturated rings. The summed E-state index contributed by atoms with van der Waals surface area (Å²) < 4.78 is 46.7. The molecule has 2 aromatic heterocycles. The van der Waals surface area contributed by atoms with Gasteiger partial charge in [0.1, 0.15) is 5.75 Å². The lowest BCUT2D eigenvalue weighted by Crippen LogP contribution is -2.21. The third-order valence-electron chi connectivity index (χ3n) is 5.85. The van der Waals surface area contributed by atoms with Gasteiger partial charge in [0.15, 0.2) is 5.65 Å². The molecule has 34 heavy (non-hydrogen) atoms. The summed E-state index contributed by atoms with van der Waals surface area (Å²) in [5, 5.41) is 2.56. The molecule has 0 spiro atoms. The molecule has 7 nitrogen and oxygen atoms in total. The van der Waals surface area contributed by atoms with E-state index in [0.717, 1.165) is 41.6 Å². The van der Waals surface area contributed by atoms with E-state index >= 15 is 0 Å². The standard InChI is InChI=1S/C24H20F3N5O2/c1-34-21-5-4-17(11-19(21)24(25,26)27)30-23(33)16-3-2-15-6-8-31(20(15)10-16)14-18-12-29-22-13-28-7-9-32(18)22/h2-5,7,9-13H,6,8,14H2,1H3,(H,30,33). The number of hydrogen-bond acceptors (Lipinski definition) is 5. The van der Waals surface area contributed by atoms with Crippen molar-refractivity contribution < 1.29 is 22.7 Å². The van der Waals surface area contributed by atoms with Crippen LogP contribution in [0.2, 0.25) is 0 Å². The Kier molecular flexibility index (Phi) is 5.35. The molecule has 5 rings (SSSR count). The quantitative estimate of drug-likeness (QED) is 0.466. The molecular formula is C24H20F3N5O2. The van der Waals surface area contributed by atoms with E-state index in [0.29, 0.717) is 12.1 Å². The molecule has 0 saturated carbocycles. The summed E-state index contributed by atoms with van der Waals surface area (Å²) in [5.41, 5.74) is 3.21. The van der Waals surface area contributed by atoms with Gasteiger partial charge in [0, 0.05) is 35.9 Å². The monoisotopic (exact) mass is 467 g/mol. The molecule has 0 bridgehead atoms. The zero-order valence-electron chi connectivity index (χ0n) is 18.1. The predicted molar refractivity (Wildman–Crippen MR) is 120 cm³/mol. The first-order valence-corrected chi connectivity index (χ1v) is 10.5. The first-order chi connectivity index (χ1) is 16.3. The van der Waals surface area contributed by atoms with Gasteiger partial charge in [-0.05, 0) is 42.3 Å². The lowest BCUT2D eigenvalue weighted by Gasteiger charge is -2.20. The van der Waals surface area contributed by atoms with Gasteiger partial charge in [-0.2, -0.15) is 13.2 Å². The Morgan fingerprint density at radius 1 is 1.18 bits per heavy atom. The second kappa shape index (κ2) is 8.36. The highest BCUT2D eigenvalue weighted by Gasteiger charge is 2.34. The van der Waals surface area contributed by atoms with Gasteiger partial charge < -0.3 is 15.0 Å². The van der Waals surface area contributed by atoms with Gasteiger partial charge in [0.05, 0.1) is 37.3 Å². The lowest BCUT2D eigenvalue weighted by atomic mass is 10.1. The number of halogens is 3. The Labute approximate surface area is 192 Å². The van der Waals surface area contributed by atoms with E-state index in [1.54, 1.807) is 30.7 Å². The highest BCUT2D eigenvalue weighted by molar-refractivity contribution is 6.05. The van der Waals surface area contributed by atoms with Crippen LogP contribution in [0, 0.1) is 0 Å². The van der Waals surface area contributed by atoms with Crippen LogP contribution in [0.1, 0.15) is 27.2 Å². The largest absolute Gasteiger partial charge is 0.496 e. The van der Waals surface area contributed by atoms with E-state index in [1.807, 2.05) is 16.7 Å². The topological polar surface area (TPSA) is 71.8 Å². The number of nitrogens with zero attached hydrogens (tertiary/aromatic N) is 4. The number of fused-ring (bicyclic) bond motifs is 2. The van der Waals surface area contributed by atoms with Crippen molar-refractivity contribution in [3.63, 3.8) is 0 Å². The van der Waals surface area contributed by atoms with Crippen LogP contribution in [0.5, 0.6) is 5.75 Å². The summed E-state index contributed by atoms with van der Waals surface area (Å²) in [7, 11) is 1.17. The minimum Gasteiger partial charge on any atom is -0.496 e. The molecule has 174 valence electrons. The van der Waals surface area contributed by atoms with Crippen molar-refractivity contribution in [3.8, 4) is 5.75 Å². The average Bonchev–Trinajstić information content (AvgIpc) is 3.42. The molecule has 0 aliphatic carbocycles. The zero-order valence-corrected chi connectivity index (χ0v) is 18.1. The molecule has 10 heteroatoms. The summed E-state index contributed by atoms with van der Waals surface area (Å²) in [6, 6.07) is 8.79. The molecule has 0 unspecified atom stereocenters. The summed E-state index contributed by atoms with van der Waals surface area (Å²) in [6.07, 6.45) is 3.27. The number of ether oxygens (including phenoxy) is 1. The van der Waals surface area contributed by atoms with Crippen molar-refractivity contribution in [2.45, 2.75) is 19.1 Å². The molecule has 1 aliphatic heterocycles. The maximum Gasteiger partial charge on any atom is 0.420 e. The van der Waals surface area contributed by atoms with Gasteiger partial charge in [0.25, 0.3) is 5.91 Å². The van der Waals surface area contributed by atoms with Crippen LogP contribution in [0.25, 0.3) is 5.65 Å². The summed E-state index contributed by atoms with van der Waals surface area (Å²) >= 11 is 0. The van der Waals surface area contributed by atoms with Gasteiger partial charge in [-0.3, -0.25) is 14.2 Å². The highest BCUT2D eigenvalue weighted by Crippen LogP contribution is 2.38. The van der Waals surface area contributed by atoms with Crippen molar-refractivity contribution >= 4 is 22.9 Å². The van der Waals surface area contributed by atoms with Crippen LogP contribution in [0.4, 0.5) is 24.5 Å². The third kappa shape index (κ3) is 4.02. The van der Waals surface area contributed by atoms with Gasteiger partial charge in [-0.15, -0.1) is 0 Å². The van der Waals surface area contributed by atoms with Crippen LogP contribution < -0.4 is 15.0 Å². The maximum absolute atomic E-state index is 13.3. The normalized spacial score (nSPS) is 13.2. The molecule has 1 N–H and O–H groups in total. The zero-order chi connectivity index (χ0) is 23.9. The number of nitrogens with one attached hydrogen (secondary N) is 1.